The lowest BCUT2D eigenvalue weighted by molar-refractivity contribution is 1.58. The van der Waals surface area contributed by atoms with Gasteiger partial charge in [0.25, 0.3) is 0 Å². The number of halogens is 3. The summed E-state index contributed by atoms with van der Waals surface area (Å²) in [6.07, 6.45) is 2.75. The van der Waals surface area contributed by atoms with Gasteiger partial charge in [-0.1, -0.05) is 40.9 Å². The molecule has 1 aromatic carbocycles. The van der Waals surface area contributed by atoms with Crippen LogP contribution >= 0.6 is 34.8 Å². The Hall–Kier alpha value is -0.170. The van der Waals surface area contributed by atoms with Crippen molar-refractivity contribution in [3.05, 3.63) is 45.4 Å². The number of rotatable bonds is 1. The molecule has 0 N–H and O–H groups in total. The molecule has 0 aliphatic carbocycles. The minimum Gasteiger partial charge on any atom is -0.0923 e. The minimum atomic E-state index is 0.550. The van der Waals surface area contributed by atoms with Gasteiger partial charge in [-0.15, -0.1) is 0 Å². The van der Waals surface area contributed by atoms with Crippen molar-refractivity contribution in [1.82, 2.24) is 0 Å². The Balaban J connectivity index is 3.09. The molecule has 1 radical (unpaired) electrons. The third-order valence-electron chi connectivity index (χ3n) is 1.14. The molecule has 0 saturated heterocycles. The zero-order valence-electron chi connectivity index (χ0n) is 5.44. The second-order valence-corrected chi connectivity index (χ2v) is 2.94. The first-order valence-corrected chi connectivity index (χ1v) is 4.07. The van der Waals surface area contributed by atoms with Gasteiger partial charge in [0.2, 0.25) is 0 Å². The molecule has 0 aliphatic heterocycles. The topological polar surface area (TPSA) is 0 Å². The molecular formula is C8H4Cl3. The average Bonchev–Trinajstić information content (AvgIpc) is 1.95. The molecule has 0 nitrogen and oxygen atoms in total. The smallest absolute Gasteiger partial charge is 0.0499 e. The molecule has 0 amide bonds. The van der Waals surface area contributed by atoms with Crippen molar-refractivity contribution in [2.75, 3.05) is 0 Å². The van der Waals surface area contributed by atoms with E-state index in [0.29, 0.717) is 10.0 Å². The summed E-state index contributed by atoms with van der Waals surface area (Å²) in [5.74, 6) is 0. The Morgan fingerprint density at radius 1 is 1.27 bits per heavy atom. The zero-order valence-corrected chi connectivity index (χ0v) is 7.71. The number of hydrogen-bond acceptors (Lipinski definition) is 0. The van der Waals surface area contributed by atoms with Crippen molar-refractivity contribution >= 4 is 34.8 Å². The Bertz CT molecular complexity index is 279. The van der Waals surface area contributed by atoms with Crippen molar-refractivity contribution < 1.29 is 0 Å². The van der Waals surface area contributed by atoms with Crippen molar-refractivity contribution in [1.29, 1.82) is 0 Å². The molecule has 57 valence electrons. The van der Waals surface area contributed by atoms with Crippen LogP contribution in [-0.4, -0.2) is 0 Å². The molecule has 11 heavy (non-hydrogen) atoms. The Morgan fingerprint density at radius 2 is 2.00 bits per heavy atom. The maximum absolute atomic E-state index is 5.78. The lowest BCUT2D eigenvalue weighted by Crippen LogP contribution is -1.75. The van der Waals surface area contributed by atoms with Gasteiger partial charge < -0.3 is 0 Å². The molecule has 0 atom stereocenters. The van der Waals surface area contributed by atoms with Crippen LogP contribution in [0.15, 0.2) is 23.7 Å². The zero-order chi connectivity index (χ0) is 8.27. The molecule has 0 heterocycles. The van der Waals surface area contributed by atoms with Crippen LogP contribution in [0.5, 0.6) is 0 Å². The fourth-order valence-electron chi connectivity index (χ4n) is 0.665. The van der Waals surface area contributed by atoms with Crippen molar-refractivity contribution in [3.63, 3.8) is 0 Å². The second-order valence-electron chi connectivity index (χ2n) is 1.88. The molecule has 3 heteroatoms. The predicted molar refractivity (Wildman–Crippen MR) is 49.2 cm³/mol. The summed E-state index contributed by atoms with van der Waals surface area (Å²) in [4.78, 5) is 0. The lowest BCUT2D eigenvalue weighted by atomic mass is 10.2. The van der Waals surface area contributed by atoms with Gasteiger partial charge in [-0.3, -0.25) is 0 Å². The Labute approximate surface area is 80.4 Å². The highest BCUT2D eigenvalue weighted by atomic mass is 35.5. The van der Waals surface area contributed by atoms with Crippen LogP contribution in [0.4, 0.5) is 0 Å². The first kappa shape index (κ1) is 8.92. The van der Waals surface area contributed by atoms with Crippen LogP contribution < -0.4 is 0 Å². The van der Waals surface area contributed by atoms with E-state index in [1.165, 1.54) is 5.54 Å². The second kappa shape index (κ2) is 4.01. The monoisotopic (exact) mass is 205 g/mol. The van der Waals surface area contributed by atoms with Crippen LogP contribution in [0.3, 0.4) is 0 Å². The molecule has 0 bridgehead atoms. The molecule has 0 aromatic heterocycles. The van der Waals surface area contributed by atoms with E-state index in [4.69, 9.17) is 34.8 Å². The van der Waals surface area contributed by atoms with Crippen molar-refractivity contribution in [3.8, 4) is 0 Å². The first-order valence-electron chi connectivity index (χ1n) is 2.87. The molecule has 1 aromatic rings. The van der Waals surface area contributed by atoms with Crippen LogP contribution in [0.25, 0.3) is 0 Å². The molecule has 0 aliphatic rings. The molecular weight excluding hydrogens is 202 g/mol. The Morgan fingerprint density at radius 3 is 2.55 bits per heavy atom. The van der Waals surface area contributed by atoms with Gasteiger partial charge >= 0.3 is 0 Å². The highest BCUT2D eigenvalue weighted by Gasteiger charge is 1.96. The summed E-state index contributed by atoms with van der Waals surface area (Å²) < 4.78 is 0. The average molecular weight is 206 g/mol. The van der Waals surface area contributed by atoms with Gasteiger partial charge in [-0.05, 0) is 12.1 Å². The first-order chi connectivity index (χ1) is 5.24. The van der Waals surface area contributed by atoms with E-state index in [0.717, 1.165) is 5.56 Å². The van der Waals surface area contributed by atoms with E-state index < -0.39 is 0 Å². The highest BCUT2D eigenvalue weighted by Crippen LogP contribution is 2.20. The highest BCUT2D eigenvalue weighted by molar-refractivity contribution is 6.35. The summed E-state index contributed by atoms with van der Waals surface area (Å²) in [6, 6.07) is 5.13. The van der Waals surface area contributed by atoms with Crippen LogP contribution in [0.1, 0.15) is 5.56 Å². The molecule has 0 saturated carbocycles. The maximum Gasteiger partial charge on any atom is 0.0499 e. The van der Waals surface area contributed by atoms with Gasteiger partial charge in [0.1, 0.15) is 0 Å². The van der Waals surface area contributed by atoms with Gasteiger partial charge in [0.05, 0.1) is 0 Å². The van der Waals surface area contributed by atoms with E-state index in [-0.39, 0.29) is 0 Å². The molecule has 0 unspecified atom stereocenters. The molecule has 1 rings (SSSR count). The van der Waals surface area contributed by atoms with Gasteiger partial charge in [0, 0.05) is 27.2 Å². The fraction of sp³-hybridized carbons (Fsp3) is 0. The van der Waals surface area contributed by atoms with Crippen LogP contribution in [0.2, 0.25) is 10.0 Å². The van der Waals surface area contributed by atoms with Gasteiger partial charge in [0.15, 0.2) is 0 Å². The van der Waals surface area contributed by atoms with Crippen LogP contribution in [-0.2, 0) is 0 Å². The van der Waals surface area contributed by atoms with E-state index in [9.17, 15) is 0 Å². The lowest BCUT2D eigenvalue weighted by Gasteiger charge is -1.96. The third-order valence-corrected chi connectivity index (χ3v) is 1.80. The summed E-state index contributed by atoms with van der Waals surface area (Å²) in [5, 5.41) is 1.16. The van der Waals surface area contributed by atoms with Crippen molar-refractivity contribution in [2.45, 2.75) is 0 Å². The summed E-state index contributed by atoms with van der Waals surface area (Å²) in [6.45, 7) is 0. The maximum atomic E-state index is 5.78. The predicted octanol–water partition coefficient (Wildman–Crippen LogP) is 3.90. The fourth-order valence-corrected chi connectivity index (χ4v) is 1.25. The van der Waals surface area contributed by atoms with E-state index in [2.05, 4.69) is 6.08 Å². The van der Waals surface area contributed by atoms with E-state index in [1.54, 1.807) is 18.2 Å². The number of benzene rings is 1. The summed E-state index contributed by atoms with van der Waals surface area (Å²) in [5.41, 5.74) is 2.03. The summed E-state index contributed by atoms with van der Waals surface area (Å²) in [7, 11) is 0. The quantitative estimate of drug-likeness (QED) is 0.654. The normalized spacial score (nSPS) is 10.8. The van der Waals surface area contributed by atoms with Gasteiger partial charge in [-0.2, -0.15) is 0 Å². The molecule has 0 fully saturated rings. The minimum absolute atomic E-state index is 0.550. The van der Waals surface area contributed by atoms with E-state index >= 15 is 0 Å². The molecule has 0 spiro atoms. The Kier molecular flexibility index (Phi) is 3.25. The largest absolute Gasteiger partial charge is 0.0923 e. The van der Waals surface area contributed by atoms with Crippen molar-refractivity contribution in [2.24, 2.45) is 0 Å². The summed E-state index contributed by atoms with van der Waals surface area (Å²) >= 11 is 16.8. The van der Waals surface area contributed by atoms with E-state index in [1.807, 2.05) is 0 Å². The number of hydrogen-bond donors (Lipinski definition) is 0. The standard InChI is InChI=1S/C8H4Cl3/c9-4-3-6-1-2-7(10)5-8(6)11/h1-2,4-5H. The van der Waals surface area contributed by atoms with Crippen LogP contribution in [0, 0.1) is 6.08 Å². The van der Waals surface area contributed by atoms with Gasteiger partial charge in [-0.25, -0.2) is 0 Å². The SMILES string of the molecule is ClC=[C]c1ccc(Cl)cc1Cl. The third kappa shape index (κ3) is 2.41.